The molecule has 0 aliphatic heterocycles. The second-order valence-corrected chi connectivity index (χ2v) is 6.94. The van der Waals surface area contributed by atoms with Gasteiger partial charge in [0.25, 0.3) is 0 Å². The number of aromatic hydroxyl groups is 2. The number of rotatable bonds is 0. The van der Waals surface area contributed by atoms with E-state index in [1.54, 1.807) is 6.07 Å². The van der Waals surface area contributed by atoms with Crippen LogP contribution in [-0.4, -0.2) is 10.2 Å². The van der Waals surface area contributed by atoms with Crippen LogP contribution < -0.4 is 0 Å². The number of fused-ring (bicyclic) bond motifs is 4. The van der Waals surface area contributed by atoms with Crippen molar-refractivity contribution >= 4 is 43.1 Å². The number of phenolic OH excluding ortho intramolecular Hbond substituents is 2. The van der Waals surface area contributed by atoms with Crippen LogP contribution in [0.25, 0.3) is 43.1 Å². The third kappa shape index (κ3) is 2.43. The predicted molar refractivity (Wildman–Crippen MR) is 105 cm³/mol. The maximum absolute atomic E-state index is 13.5. The highest BCUT2D eigenvalue weighted by Crippen LogP contribution is 2.46. The third-order valence-electron chi connectivity index (χ3n) is 5.15. The fourth-order valence-electron chi connectivity index (χ4n) is 3.86. The average Bonchev–Trinajstić information content (AvgIpc) is 2.63. The van der Waals surface area contributed by atoms with Crippen LogP contribution in [0.3, 0.4) is 0 Å². The Kier molecular flexibility index (Phi) is 3.29. The highest BCUT2D eigenvalue weighted by atomic mass is 19.4. The molecule has 138 valence electrons. The summed E-state index contributed by atoms with van der Waals surface area (Å²) in [5.74, 6) is -1.93. The van der Waals surface area contributed by atoms with Crippen LogP contribution in [0.2, 0.25) is 0 Å². The van der Waals surface area contributed by atoms with Gasteiger partial charge in [-0.05, 0) is 85.6 Å². The smallest absolute Gasteiger partial charge is 0.420 e. The molecule has 0 heterocycles. The van der Waals surface area contributed by atoms with Crippen molar-refractivity contribution in [2.24, 2.45) is 0 Å². The molecular formula is C23H13F3O2. The molecule has 0 aromatic heterocycles. The van der Waals surface area contributed by atoms with Crippen molar-refractivity contribution in [3.63, 3.8) is 0 Å². The van der Waals surface area contributed by atoms with E-state index in [0.717, 1.165) is 33.0 Å². The summed E-state index contributed by atoms with van der Waals surface area (Å²) in [5, 5.41) is 25.1. The fourth-order valence-corrected chi connectivity index (χ4v) is 3.86. The molecule has 5 aromatic rings. The molecule has 0 atom stereocenters. The molecule has 0 unspecified atom stereocenters. The zero-order chi connectivity index (χ0) is 19.6. The summed E-state index contributed by atoms with van der Waals surface area (Å²) in [5.41, 5.74) is -1.22. The quantitative estimate of drug-likeness (QED) is 0.232. The highest BCUT2D eigenvalue weighted by molar-refractivity contribution is 6.09. The van der Waals surface area contributed by atoms with Crippen LogP contribution in [0.15, 0.2) is 66.7 Å². The largest absolute Gasteiger partial charge is 0.504 e. The molecular weight excluding hydrogens is 365 g/mol. The molecule has 0 saturated carbocycles. The lowest BCUT2D eigenvalue weighted by Gasteiger charge is -2.15. The number of hydrogen-bond acceptors (Lipinski definition) is 2. The molecule has 5 aromatic carbocycles. The fraction of sp³-hybridized carbons (Fsp3) is 0.0435. The predicted octanol–water partition coefficient (Wildman–Crippen LogP) is 6.73. The second-order valence-electron chi connectivity index (χ2n) is 6.94. The molecule has 0 aliphatic rings. The van der Waals surface area contributed by atoms with E-state index in [-0.39, 0.29) is 10.8 Å². The van der Waals surface area contributed by atoms with Gasteiger partial charge in [-0.15, -0.1) is 0 Å². The van der Waals surface area contributed by atoms with Crippen LogP contribution in [-0.2, 0) is 6.18 Å². The Morgan fingerprint density at radius 1 is 0.571 bits per heavy atom. The Morgan fingerprint density at radius 3 is 1.57 bits per heavy atom. The molecule has 5 heteroatoms. The first-order chi connectivity index (χ1) is 13.3. The van der Waals surface area contributed by atoms with E-state index in [0.29, 0.717) is 5.39 Å². The van der Waals surface area contributed by atoms with Crippen molar-refractivity contribution in [2.45, 2.75) is 6.18 Å². The van der Waals surface area contributed by atoms with E-state index in [9.17, 15) is 23.4 Å². The minimum absolute atomic E-state index is 0.143. The third-order valence-corrected chi connectivity index (χ3v) is 5.15. The summed E-state index contributed by atoms with van der Waals surface area (Å²) < 4.78 is 40.5. The summed E-state index contributed by atoms with van der Waals surface area (Å²) in [6.07, 6.45) is -4.79. The lowest BCUT2D eigenvalue weighted by Crippen LogP contribution is -2.06. The van der Waals surface area contributed by atoms with Crippen molar-refractivity contribution in [1.82, 2.24) is 0 Å². The Bertz CT molecular complexity index is 1420. The molecule has 5 rings (SSSR count). The first kappa shape index (κ1) is 16.7. The van der Waals surface area contributed by atoms with Gasteiger partial charge in [-0.25, -0.2) is 0 Å². The Morgan fingerprint density at radius 2 is 1.04 bits per heavy atom. The topological polar surface area (TPSA) is 40.5 Å². The summed E-state index contributed by atoms with van der Waals surface area (Å²) in [4.78, 5) is 0. The second kappa shape index (κ2) is 5.52. The van der Waals surface area contributed by atoms with Gasteiger partial charge in [0.2, 0.25) is 0 Å². The zero-order valence-electron chi connectivity index (χ0n) is 14.4. The van der Waals surface area contributed by atoms with Gasteiger partial charge in [0.05, 0.1) is 0 Å². The van der Waals surface area contributed by atoms with E-state index >= 15 is 0 Å². The van der Waals surface area contributed by atoms with Crippen LogP contribution in [0.4, 0.5) is 13.2 Å². The van der Waals surface area contributed by atoms with E-state index in [1.165, 1.54) is 6.07 Å². The van der Waals surface area contributed by atoms with Crippen LogP contribution in [0.1, 0.15) is 5.56 Å². The summed E-state index contributed by atoms with van der Waals surface area (Å²) in [7, 11) is 0. The molecule has 0 bridgehead atoms. The number of halogens is 3. The van der Waals surface area contributed by atoms with Gasteiger partial charge >= 0.3 is 6.18 Å². The number of benzene rings is 5. The van der Waals surface area contributed by atoms with Crippen molar-refractivity contribution in [1.29, 1.82) is 0 Å². The van der Waals surface area contributed by atoms with E-state index in [1.807, 2.05) is 48.5 Å². The van der Waals surface area contributed by atoms with E-state index in [2.05, 4.69) is 0 Å². The molecule has 28 heavy (non-hydrogen) atoms. The van der Waals surface area contributed by atoms with Crippen LogP contribution in [0.5, 0.6) is 11.5 Å². The molecule has 0 radical (unpaired) electrons. The first-order valence-electron chi connectivity index (χ1n) is 8.63. The molecule has 0 amide bonds. The van der Waals surface area contributed by atoms with Gasteiger partial charge in [-0.1, -0.05) is 24.3 Å². The number of hydrogen-bond donors (Lipinski definition) is 2. The number of alkyl halides is 3. The zero-order valence-corrected chi connectivity index (χ0v) is 14.4. The molecule has 2 nitrogen and oxygen atoms in total. The maximum Gasteiger partial charge on any atom is 0.420 e. The van der Waals surface area contributed by atoms with E-state index < -0.39 is 23.2 Å². The summed E-state index contributed by atoms with van der Waals surface area (Å²) in [6, 6.07) is 19.9. The first-order valence-corrected chi connectivity index (χ1v) is 8.63. The minimum Gasteiger partial charge on any atom is -0.504 e. The highest BCUT2D eigenvalue weighted by Gasteiger charge is 2.37. The molecule has 0 spiro atoms. The summed E-state index contributed by atoms with van der Waals surface area (Å²) >= 11 is 0. The van der Waals surface area contributed by atoms with Gasteiger partial charge < -0.3 is 10.2 Å². The molecule has 0 fully saturated rings. The average molecular weight is 378 g/mol. The van der Waals surface area contributed by atoms with Gasteiger partial charge in [0.15, 0.2) is 11.5 Å². The monoisotopic (exact) mass is 378 g/mol. The molecule has 0 aliphatic carbocycles. The Balaban J connectivity index is 1.90. The Hall–Kier alpha value is -3.47. The normalized spacial score (nSPS) is 12.4. The van der Waals surface area contributed by atoms with Gasteiger partial charge in [0.1, 0.15) is 5.56 Å². The van der Waals surface area contributed by atoms with Crippen molar-refractivity contribution < 1.29 is 23.4 Å². The Labute approximate surface area is 157 Å². The SMILES string of the molecule is Oc1cc2cc3cc4cc5ccccc5cc4cc3cc2c(C(F)(F)F)c1O. The number of phenols is 2. The summed E-state index contributed by atoms with van der Waals surface area (Å²) in [6.45, 7) is 0. The molecule has 0 saturated heterocycles. The van der Waals surface area contributed by atoms with Crippen LogP contribution >= 0.6 is 0 Å². The van der Waals surface area contributed by atoms with Crippen molar-refractivity contribution in [2.75, 3.05) is 0 Å². The standard InChI is InChI=1S/C23H13F3O2/c24-23(25,26)21-19-10-17-8-15-6-13-4-2-1-3-12(13)5-14(15)7-16(17)9-18(19)11-20(27)22(21)28/h1-11,27-28H. The van der Waals surface area contributed by atoms with Gasteiger partial charge in [-0.3, -0.25) is 0 Å². The lowest BCUT2D eigenvalue weighted by molar-refractivity contribution is -0.137. The van der Waals surface area contributed by atoms with Gasteiger partial charge in [-0.2, -0.15) is 13.2 Å². The maximum atomic E-state index is 13.5. The van der Waals surface area contributed by atoms with Crippen molar-refractivity contribution in [3.8, 4) is 11.5 Å². The van der Waals surface area contributed by atoms with E-state index in [4.69, 9.17) is 0 Å². The van der Waals surface area contributed by atoms with Gasteiger partial charge in [0, 0.05) is 0 Å². The minimum atomic E-state index is -4.79. The molecule has 2 N–H and O–H groups in total. The van der Waals surface area contributed by atoms with Crippen LogP contribution in [0, 0.1) is 0 Å². The lowest BCUT2D eigenvalue weighted by atomic mass is 9.95. The van der Waals surface area contributed by atoms with Crippen molar-refractivity contribution in [3.05, 3.63) is 72.3 Å².